The van der Waals surface area contributed by atoms with E-state index in [9.17, 15) is 18.8 Å². The van der Waals surface area contributed by atoms with Crippen LogP contribution in [-0.2, 0) is 0 Å². The van der Waals surface area contributed by atoms with Gasteiger partial charge in [0.25, 0.3) is 0 Å². The van der Waals surface area contributed by atoms with E-state index in [2.05, 4.69) is 5.32 Å². The summed E-state index contributed by atoms with van der Waals surface area (Å²) in [6.07, 6.45) is 0. The molecule has 0 fully saturated rings. The molecule has 0 spiro atoms. The summed E-state index contributed by atoms with van der Waals surface area (Å²) < 4.78 is 23.7. The molecule has 2 aromatic heterocycles. The lowest BCUT2D eigenvalue weighted by Crippen LogP contribution is -2.30. The second-order valence-corrected chi connectivity index (χ2v) is 6.46. The van der Waals surface area contributed by atoms with Crippen molar-refractivity contribution >= 4 is 44.3 Å². The molecular weight excluding hydrogens is 379 g/mol. The first kappa shape index (κ1) is 18.4. The molecule has 0 bridgehead atoms. The van der Waals surface area contributed by atoms with Crippen LogP contribution in [0.25, 0.3) is 10.3 Å². The zero-order chi connectivity index (χ0) is 19.7. The first-order chi connectivity index (χ1) is 12.8. The normalized spacial score (nSPS) is 10.6. The molecule has 1 aromatic carbocycles. The van der Waals surface area contributed by atoms with Crippen molar-refractivity contribution in [3.63, 3.8) is 0 Å². The number of hydrogen-bond acceptors (Lipinski definition) is 6. The maximum atomic E-state index is 13.3. The molecule has 0 radical (unpaired) electrons. The highest BCUT2D eigenvalue weighted by Gasteiger charge is 2.19. The van der Waals surface area contributed by atoms with Crippen LogP contribution in [0.3, 0.4) is 0 Å². The van der Waals surface area contributed by atoms with Gasteiger partial charge in [0.05, 0.1) is 17.5 Å². The van der Waals surface area contributed by atoms with E-state index in [4.69, 9.17) is 14.3 Å². The Bertz CT molecular complexity index is 1110. The van der Waals surface area contributed by atoms with Gasteiger partial charge < -0.3 is 19.6 Å². The molecule has 2 heterocycles. The molecule has 27 heavy (non-hydrogen) atoms. The number of carboxylic acid groups (broad SMARTS) is 1. The molecule has 3 aromatic rings. The van der Waals surface area contributed by atoms with Crippen molar-refractivity contribution in [3.8, 4) is 5.75 Å². The van der Waals surface area contributed by atoms with Crippen molar-refractivity contribution in [1.29, 1.82) is 0 Å². The van der Waals surface area contributed by atoms with E-state index >= 15 is 0 Å². The lowest BCUT2D eigenvalue weighted by atomic mass is 10.3. The minimum atomic E-state index is -1.39. The van der Waals surface area contributed by atoms with Gasteiger partial charge >= 0.3 is 17.6 Å². The van der Waals surface area contributed by atoms with Crippen LogP contribution in [0.4, 0.5) is 19.9 Å². The maximum Gasteiger partial charge on any atom is 0.351 e. The molecule has 0 unspecified atom stereocenters. The summed E-state index contributed by atoms with van der Waals surface area (Å²) in [5.41, 5.74) is -1.01. The maximum absolute atomic E-state index is 13.3. The first-order valence-electron chi connectivity index (χ1n) is 7.49. The third-order valence-corrected chi connectivity index (χ3v) is 4.82. The average molecular weight is 392 g/mol. The number of aromatic carboxylic acids is 1. The number of urea groups is 1. The van der Waals surface area contributed by atoms with Gasteiger partial charge in [0.2, 0.25) is 0 Å². The van der Waals surface area contributed by atoms with Gasteiger partial charge in [-0.15, -0.1) is 11.3 Å². The molecule has 0 atom stereocenters. The van der Waals surface area contributed by atoms with Crippen molar-refractivity contribution in [2.24, 2.45) is 0 Å². The molecule has 2 amide bonds. The Morgan fingerprint density at radius 2 is 2.04 bits per heavy atom. The Labute approximate surface area is 155 Å². The number of amides is 2. The minimum absolute atomic E-state index is 0.158. The number of halogens is 1. The van der Waals surface area contributed by atoms with Crippen LogP contribution < -0.4 is 20.6 Å². The van der Waals surface area contributed by atoms with Gasteiger partial charge in [-0.2, -0.15) is 0 Å². The SMILES string of the molecule is COc1cc(F)ccc1NC(=O)N(C)c1cc2oc(=O)c(C(=O)O)cc2s1. The summed E-state index contributed by atoms with van der Waals surface area (Å²) in [6.45, 7) is 0. The van der Waals surface area contributed by atoms with Gasteiger partial charge in [0.15, 0.2) is 5.58 Å². The fourth-order valence-corrected chi connectivity index (χ4v) is 3.27. The Hall–Kier alpha value is -3.40. The molecular formula is C17H13FN2O6S. The van der Waals surface area contributed by atoms with Crippen LogP contribution >= 0.6 is 11.3 Å². The van der Waals surface area contributed by atoms with Crippen molar-refractivity contribution in [2.75, 3.05) is 24.4 Å². The van der Waals surface area contributed by atoms with Crippen LogP contribution in [0.2, 0.25) is 0 Å². The van der Waals surface area contributed by atoms with Crippen molar-refractivity contribution in [2.45, 2.75) is 0 Å². The van der Waals surface area contributed by atoms with E-state index in [0.29, 0.717) is 9.70 Å². The zero-order valence-corrected chi connectivity index (χ0v) is 14.9. The number of carboxylic acids is 1. The third kappa shape index (κ3) is 3.60. The van der Waals surface area contributed by atoms with Crippen molar-refractivity contribution < 1.29 is 28.2 Å². The van der Waals surface area contributed by atoms with Crippen LogP contribution in [0.5, 0.6) is 5.75 Å². The molecule has 2 N–H and O–H groups in total. The smallest absolute Gasteiger partial charge is 0.351 e. The predicted molar refractivity (Wildman–Crippen MR) is 97.7 cm³/mol. The van der Waals surface area contributed by atoms with E-state index in [1.807, 2.05) is 0 Å². The van der Waals surface area contributed by atoms with Crippen molar-refractivity contribution in [1.82, 2.24) is 0 Å². The topological polar surface area (TPSA) is 109 Å². The van der Waals surface area contributed by atoms with E-state index in [-0.39, 0.29) is 17.0 Å². The summed E-state index contributed by atoms with van der Waals surface area (Å²) in [5, 5.41) is 12.0. The first-order valence-corrected chi connectivity index (χ1v) is 8.31. The highest BCUT2D eigenvalue weighted by Crippen LogP contribution is 2.32. The largest absolute Gasteiger partial charge is 0.494 e. The Morgan fingerprint density at radius 3 is 2.70 bits per heavy atom. The average Bonchev–Trinajstić information content (AvgIpc) is 3.04. The number of ether oxygens (including phenoxy) is 1. The number of rotatable bonds is 4. The summed E-state index contributed by atoms with van der Waals surface area (Å²) in [5.74, 6) is -1.74. The lowest BCUT2D eigenvalue weighted by Gasteiger charge is -2.17. The van der Waals surface area contributed by atoms with E-state index in [1.165, 1.54) is 43.3 Å². The minimum Gasteiger partial charge on any atom is -0.494 e. The molecule has 3 rings (SSSR count). The van der Waals surface area contributed by atoms with Crippen LogP contribution in [-0.4, -0.2) is 31.3 Å². The molecule has 0 aliphatic heterocycles. The van der Waals surface area contributed by atoms with Crippen LogP contribution in [0, 0.1) is 5.82 Å². The number of thiophene rings is 1. The number of nitrogens with one attached hydrogen (secondary N) is 1. The second kappa shape index (κ2) is 7.08. The Balaban J connectivity index is 1.89. The number of benzene rings is 1. The number of anilines is 2. The lowest BCUT2D eigenvalue weighted by molar-refractivity contribution is 0.0692. The molecule has 10 heteroatoms. The Kier molecular flexibility index (Phi) is 4.82. The van der Waals surface area contributed by atoms with Gasteiger partial charge in [0.1, 0.15) is 22.1 Å². The van der Waals surface area contributed by atoms with Gasteiger partial charge in [-0.1, -0.05) is 0 Å². The van der Waals surface area contributed by atoms with Crippen LogP contribution in [0.1, 0.15) is 10.4 Å². The summed E-state index contributed by atoms with van der Waals surface area (Å²) in [6, 6.07) is 5.79. The summed E-state index contributed by atoms with van der Waals surface area (Å²) in [7, 11) is 2.83. The number of fused-ring (bicyclic) bond motifs is 1. The molecule has 0 aliphatic rings. The van der Waals surface area contributed by atoms with Crippen molar-refractivity contribution in [3.05, 3.63) is 52.1 Å². The van der Waals surface area contributed by atoms with E-state index in [0.717, 1.165) is 17.4 Å². The third-order valence-electron chi connectivity index (χ3n) is 3.68. The van der Waals surface area contributed by atoms with Gasteiger partial charge in [-0.25, -0.2) is 18.8 Å². The highest BCUT2D eigenvalue weighted by atomic mass is 32.1. The number of nitrogens with zero attached hydrogens (tertiary/aromatic N) is 1. The quantitative estimate of drug-likeness (QED) is 0.705. The summed E-state index contributed by atoms with van der Waals surface area (Å²) in [4.78, 5) is 36.4. The Morgan fingerprint density at radius 1 is 1.30 bits per heavy atom. The predicted octanol–water partition coefficient (Wildman–Crippen LogP) is 3.37. The molecule has 0 aliphatic carbocycles. The number of hydrogen-bond donors (Lipinski definition) is 2. The molecule has 8 nitrogen and oxygen atoms in total. The van der Waals surface area contributed by atoms with Crippen LogP contribution in [0.15, 0.2) is 39.5 Å². The molecule has 140 valence electrons. The van der Waals surface area contributed by atoms with Gasteiger partial charge in [-0.3, -0.25) is 4.90 Å². The van der Waals surface area contributed by atoms with E-state index < -0.39 is 29.0 Å². The molecule has 0 saturated heterocycles. The fourth-order valence-electron chi connectivity index (χ4n) is 2.28. The number of carbonyl (C=O) groups excluding carboxylic acids is 1. The monoisotopic (exact) mass is 392 g/mol. The summed E-state index contributed by atoms with van der Waals surface area (Å²) >= 11 is 1.07. The number of carbonyl (C=O) groups is 2. The highest BCUT2D eigenvalue weighted by molar-refractivity contribution is 7.22. The number of methoxy groups -OCH3 is 1. The molecule has 0 saturated carbocycles. The second-order valence-electron chi connectivity index (χ2n) is 5.40. The zero-order valence-electron chi connectivity index (χ0n) is 14.1. The van der Waals surface area contributed by atoms with E-state index in [1.54, 1.807) is 0 Å². The van der Waals surface area contributed by atoms with Gasteiger partial charge in [0, 0.05) is 19.2 Å². The standard InChI is InChI=1S/C17H13FN2O6S/c1-20(17(24)19-10-4-3-8(18)5-11(10)25-2)14-7-12-13(27-14)6-9(15(21)22)16(23)26-12/h3-7H,1-2H3,(H,19,24)(H,21,22). The fraction of sp³-hybridized carbons (Fsp3) is 0.118. The van der Waals surface area contributed by atoms with Gasteiger partial charge in [-0.05, 0) is 18.2 Å².